The predicted molar refractivity (Wildman–Crippen MR) is 117 cm³/mol. The van der Waals surface area contributed by atoms with Crippen LogP contribution < -0.4 is 0 Å². The van der Waals surface area contributed by atoms with Gasteiger partial charge in [-0.1, -0.05) is 79.3 Å². The Morgan fingerprint density at radius 1 is 1.00 bits per heavy atom. The first kappa shape index (κ1) is 18.7. The van der Waals surface area contributed by atoms with Gasteiger partial charge < -0.3 is 9.55 Å². The second-order valence-electron chi connectivity index (χ2n) is 6.38. The Hall–Kier alpha value is -2.64. The van der Waals surface area contributed by atoms with Crippen LogP contribution in [0.2, 0.25) is 0 Å². The molecule has 0 aliphatic rings. The van der Waals surface area contributed by atoms with Crippen molar-refractivity contribution < 1.29 is 0 Å². The van der Waals surface area contributed by atoms with E-state index in [2.05, 4.69) is 50.9 Å². The van der Waals surface area contributed by atoms with Crippen LogP contribution in [0.4, 0.5) is 0 Å². The summed E-state index contributed by atoms with van der Waals surface area (Å²) in [5.41, 5.74) is 4.20. The van der Waals surface area contributed by atoms with Crippen molar-refractivity contribution in [2.45, 2.75) is 30.8 Å². The number of aromatic nitrogens is 5. The summed E-state index contributed by atoms with van der Waals surface area (Å²) in [6, 6.07) is 20.6. The summed E-state index contributed by atoms with van der Waals surface area (Å²) >= 11 is 6.97. The first-order valence-electron chi connectivity index (χ1n) is 9.24. The molecule has 7 heteroatoms. The van der Waals surface area contributed by atoms with Crippen LogP contribution in [-0.2, 0) is 12.3 Å². The van der Waals surface area contributed by atoms with E-state index in [1.807, 2.05) is 36.4 Å². The first-order valence-corrected chi connectivity index (χ1v) is 10.6. The van der Waals surface area contributed by atoms with Gasteiger partial charge in [-0.2, -0.15) is 5.10 Å². The molecule has 2 aromatic heterocycles. The van der Waals surface area contributed by atoms with E-state index in [1.54, 1.807) is 11.8 Å². The van der Waals surface area contributed by atoms with Gasteiger partial charge >= 0.3 is 0 Å². The minimum Gasteiger partial charge on any atom is -0.332 e. The van der Waals surface area contributed by atoms with Crippen LogP contribution >= 0.6 is 24.0 Å². The number of aromatic amines is 2. The van der Waals surface area contributed by atoms with Crippen LogP contribution in [0.3, 0.4) is 0 Å². The molecule has 0 amide bonds. The SMILES string of the molecule is CCCn1c(CSc2nc(-c3ccccc3)c(-c3ccccc3)[nH]2)n[nH]c1=S. The lowest BCUT2D eigenvalue weighted by atomic mass is 10.1. The number of hydrogen-bond acceptors (Lipinski definition) is 4. The van der Waals surface area contributed by atoms with Crippen molar-refractivity contribution in [3.05, 3.63) is 71.3 Å². The maximum Gasteiger partial charge on any atom is 0.195 e. The molecule has 0 saturated carbocycles. The number of H-pyrrole nitrogens is 2. The van der Waals surface area contributed by atoms with Crippen molar-refractivity contribution >= 4 is 24.0 Å². The summed E-state index contributed by atoms with van der Waals surface area (Å²) in [5.74, 6) is 1.64. The van der Waals surface area contributed by atoms with Crippen LogP contribution in [0.5, 0.6) is 0 Å². The Kier molecular flexibility index (Phi) is 5.73. The van der Waals surface area contributed by atoms with E-state index in [4.69, 9.17) is 17.2 Å². The molecule has 2 aromatic carbocycles. The molecule has 0 saturated heterocycles. The summed E-state index contributed by atoms with van der Waals surface area (Å²) in [6.45, 7) is 3.00. The Labute approximate surface area is 173 Å². The third kappa shape index (κ3) is 3.95. The third-order valence-electron chi connectivity index (χ3n) is 4.41. The summed E-state index contributed by atoms with van der Waals surface area (Å²) < 4.78 is 2.73. The first-order chi connectivity index (χ1) is 13.8. The quantitative estimate of drug-likeness (QED) is 0.305. The standard InChI is InChI=1S/C21H21N5S2/c1-2-13-26-17(24-25-21(26)27)14-28-20-22-18(15-9-5-3-6-10-15)19(23-20)16-11-7-4-8-12-16/h3-12H,2,13-14H2,1H3,(H,22,23)(H,25,27). The fourth-order valence-electron chi connectivity index (χ4n) is 3.09. The van der Waals surface area contributed by atoms with Gasteiger partial charge in [0.25, 0.3) is 0 Å². The van der Waals surface area contributed by atoms with Crippen LogP contribution in [0.1, 0.15) is 19.2 Å². The zero-order chi connectivity index (χ0) is 19.3. The summed E-state index contributed by atoms with van der Waals surface area (Å²) in [6.07, 6.45) is 1.02. The van der Waals surface area contributed by atoms with Gasteiger partial charge in [0.15, 0.2) is 9.93 Å². The van der Waals surface area contributed by atoms with Gasteiger partial charge in [0.1, 0.15) is 5.82 Å². The molecule has 0 bridgehead atoms. The molecule has 5 nitrogen and oxygen atoms in total. The van der Waals surface area contributed by atoms with Crippen molar-refractivity contribution in [3.8, 4) is 22.5 Å². The van der Waals surface area contributed by atoms with Gasteiger partial charge in [-0.15, -0.1) is 0 Å². The van der Waals surface area contributed by atoms with Crippen molar-refractivity contribution in [2.75, 3.05) is 0 Å². The van der Waals surface area contributed by atoms with E-state index in [0.29, 0.717) is 10.5 Å². The second-order valence-corrected chi connectivity index (χ2v) is 7.73. The Balaban J connectivity index is 1.65. The highest BCUT2D eigenvalue weighted by Crippen LogP contribution is 2.33. The minimum atomic E-state index is 0.673. The lowest BCUT2D eigenvalue weighted by Crippen LogP contribution is -2.02. The second kappa shape index (κ2) is 8.58. The molecule has 0 fully saturated rings. The van der Waals surface area contributed by atoms with Crippen molar-refractivity contribution in [1.29, 1.82) is 0 Å². The average Bonchev–Trinajstić information content (AvgIpc) is 3.32. The molecule has 4 aromatic rings. The molecule has 142 valence electrons. The molecule has 2 N–H and O–H groups in total. The maximum atomic E-state index is 5.33. The lowest BCUT2D eigenvalue weighted by Gasteiger charge is -2.03. The van der Waals surface area contributed by atoms with E-state index >= 15 is 0 Å². The average molecular weight is 408 g/mol. The Morgan fingerprint density at radius 3 is 2.36 bits per heavy atom. The van der Waals surface area contributed by atoms with Crippen LogP contribution in [0, 0.1) is 4.77 Å². The Morgan fingerprint density at radius 2 is 1.68 bits per heavy atom. The van der Waals surface area contributed by atoms with Gasteiger partial charge in [0.05, 0.1) is 17.1 Å². The molecule has 0 aliphatic carbocycles. The monoisotopic (exact) mass is 407 g/mol. The van der Waals surface area contributed by atoms with Crippen LogP contribution in [-0.4, -0.2) is 24.7 Å². The van der Waals surface area contributed by atoms with E-state index in [0.717, 1.165) is 46.5 Å². The lowest BCUT2D eigenvalue weighted by molar-refractivity contribution is 0.647. The number of nitrogens with zero attached hydrogens (tertiary/aromatic N) is 3. The van der Waals surface area contributed by atoms with E-state index < -0.39 is 0 Å². The van der Waals surface area contributed by atoms with Crippen LogP contribution in [0.25, 0.3) is 22.5 Å². The molecular weight excluding hydrogens is 386 g/mol. The third-order valence-corrected chi connectivity index (χ3v) is 5.60. The summed E-state index contributed by atoms with van der Waals surface area (Å²) in [4.78, 5) is 8.39. The topological polar surface area (TPSA) is 62.3 Å². The molecule has 0 spiro atoms. The summed E-state index contributed by atoms with van der Waals surface area (Å²) in [5, 5.41) is 8.15. The molecule has 28 heavy (non-hydrogen) atoms. The van der Waals surface area contributed by atoms with E-state index in [1.165, 1.54) is 0 Å². The van der Waals surface area contributed by atoms with Crippen molar-refractivity contribution in [2.24, 2.45) is 0 Å². The molecule has 2 heterocycles. The van der Waals surface area contributed by atoms with Gasteiger partial charge in [-0.25, -0.2) is 4.98 Å². The molecule has 0 radical (unpaired) electrons. The smallest absolute Gasteiger partial charge is 0.195 e. The van der Waals surface area contributed by atoms with E-state index in [9.17, 15) is 0 Å². The number of hydrogen-bond donors (Lipinski definition) is 2. The van der Waals surface area contributed by atoms with Crippen molar-refractivity contribution in [3.63, 3.8) is 0 Å². The number of thioether (sulfide) groups is 1. The number of rotatable bonds is 7. The molecular formula is C21H21N5S2. The Bertz CT molecular complexity index is 1040. The minimum absolute atomic E-state index is 0.673. The zero-order valence-corrected chi connectivity index (χ0v) is 17.2. The summed E-state index contributed by atoms with van der Waals surface area (Å²) in [7, 11) is 0. The van der Waals surface area contributed by atoms with Gasteiger partial charge in [0.2, 0.25) is 0 Å². The molecule has 0 unspecified atom stereocenters. The van der Waals surface area contributed by atoms with Crippen LogP contribution in [0.15, 0.2) is 65.8 Å². The predicted octanol–water partition coefficient (Wildman–Crippen LogP) is 5.70. The largest absolute Gasteiger partial charge is 0.332 e. The normalized spacial score (nSPS) is 11.0. The molecule has 0 atom stereocenters. The fourth-order valence-corrected chi connectivity index (χ4v) is 4.14. The molecule has 0 aliphatic heterocycles. The zero-order valence-electron chi connectivity index (χ0n) is 15.6. The molecule has 4 rings (SSSR count). The van der Waals surface area contributed by atoms with Gasteiger partial charge in [-0.05, 0) is 18.6 Å². The number of nitrogens with one attached hydrogen (secondary N) is 2. The highest BCUT2D eigenvalue weighted by Gasteiger charge is 2.15. The van der Waals surface area contributed by atoms with E-state index in [-0.39, 0.29) is 0 Å². The fraction of sp³-hybridized carbons (Fsp3) is 0.190. The highest BCUT2D eigenvalue weighted by molar-refractivity contribution is 7.98. The maximum absolute atomic E-state index is 5.33. The van der Waals surface area contributed by atoms with Gasteiger partial charge in [0, 0.05) is 17.7 Å². The van der Waals surface area contributed by atoms with Gasteiger partial charge in [-0.3, -0.25) is 5.10 Å². The van der Waals surface area contributed by atoms with Crippen molar-refractivity contribution in [1.82, 2.24) is 24.7 Å². The number of benzene rings is 2. The number of imidazole rings is 1. The highest BCUT2D eigenvalue weighted by atomic mass is 32.2.